The van der Waals surface area contributed by atoms with Crippen LogP contribution < -0.4 is 0 Å². The summed E-state index contributed by atoms with van der Waals surface area (Å²) in [7, 11) is -3.46. The highest BCUT2D eigenvalue weighted by molar-refractivity contribution is 7.92. The molecule has 0 spiro atoms. The van der Waals surface area contributed by atoms with Gasteiger partial charge in [0.2, 0.25) is 0 Å². The van der Waals surface area contributed by atoms with Crippen molar-refractivity contribution >= 4 is 9.84 Å². The van der Waals surface area contributed by atoms with Crippen LogP contribution in [0.3, 0.4) is 0 Å². The minimum absolute atomic E-state index is 0.148. The van der Waals surface area contributed by atoms with Crippen molar-refractivity contribution in [3.63, 3.8) is 0 Å². The minimum atomic E-state index is -3.46. The van der Waals surface area contributed by atoms with Gasteiger partial charge in [-0.2, -0.15) is 0 Å². The molecule has 4 heteroatoms. The predicted molar refractivity (Wildman–Crippen MR) is 91.9 cm³/mol. The van der Waals surface area contributed by atoms with E-state index in [1.165, 1.54) is 0 Å². The number of hydrogen-bond acceptors (Lipinski definition) is 3. The van der Waals surface area contributed by atoms with Gasteiger partial charge in [-0.25, -0.2) is 8.42 Å². The van der Waals surface area contributed by atoms with Crippen LogP contribution in [-0.4, -0.2) is 18.8 Å². The van der Waals surface area contributed by atoms with Gasteiger partial charge in [0.05, 0.1) is 10.1 Å². The molecular formula is C19H22O3S. The van der Waals surface area contributed by atoms with E-state index in [9.17, 15) is 13.5 Å². The summed E-state index contributed by atoms with van der Waals surface area (Å²) in [6.45, 7) is 2.03. The van der Waals surface area contributed by atoms with E-state index < -0.39 is 15.1 Å². The molecule has 0 amide bonds. The third kappa shape index (κ3) is 3.00. The van der Waals surface area contributed by atoms with E-state index >= 15 is 0 Å². The molecule has 1 aromatic rings. The molecule has 0 bridgehead atoms. The van der Waals surface area contributed by atoms with Gasteiger partial charge in [-0.05, 0) is 43.5 Å². The highest BCUT2D eigenvalue weighted by Gasteiger charge is 2.43. The molecule has 3 rings (SSSR count). The van der Waals surface area contributed by atoms with Crippen LogP contribution in [0.25, 0.3) is 0 Å². The average molecular weight is 330 g/mol. The molecular weight excluding hydrogens is 308 g/mol. The number of benzene rings is 1. The first-order valence-corrected chi connectivity index (χ1v) is 9.55. The highest BCUT2D eigenvalue weighted by Crippen LogP contribution is 2.44. The largest absolute Gasteiger partial charge is 0.508 e. The van der Waals surface area contributed by atoms with Gasteiger partial charge in [-0.1, -0.05) is 43.4 Å². The molecule has 0 saturated heterocycles. The summed E-state index contributed by atoms with van der Waals surface area (Å²) in [5, 5.41) is 9.40. The topological polar surface area (TPSA) is 54.4 Å². The van der Waals surface area contributed by atoms with Crippen LogP contribution in [0.15, 0.2) is 71.4 Å². The molecule has 0 saturated carbocycles. The maximum atomic E-state index is 13.2. The van der Waals surface area contributed by atoms with E-state index in [1.807, 2.05) is 19.1 Å². The van der Waals surface area contributed by atoms with E-state index in [1.54, 1.807) is 36.4 Å². The number of hydrogen-bond donors (Lipinski definition) is 1. The quantitative estimate of drug-likeness (QED) is 0.827. The SMILES string of the molecule is C[C@@]12C=CC(O)=C[C@@H]1[C@H](S(=O)(=O)c1ccccc1)CCC/C=C\2. The zero-order chi connectivity index (χ0) is 16.5. The number of sulfone groups is 1. The van der Waals surface area contributed by atoms with Crippen LogP contribution in [0.4, 0.5) is 0 Å². The van der Waals surface area contributed by atoms with E-state index in [-0.39, 0.29) is 17.1 Å². The summed E-state index contributed by atoms with van der Waals surface area (Å²) >= 11 is 0. The third-order valence-electron chi connectivity index (χ3n) is 4.89. The number of aliphatic hydroxyl groups is 1. The Morgan fingerprint density at radius 1 is 1.17 bits per heavy atom. The number of aliphatic hydroxyl groups excluding tert-OH is 1. The summed E-state index contributed by atoms with van der Waals surface area (Å²) < 4.78 is 26.4. The summed E-state index contributed by atoms with van der Waals surface area (Å²) in [6, 6.07) is 8.64. The van der Waals surface area contributed by atoms with Crippen molar-refractivity contribution in [3.05, 3.63) is 66.5 Å². The Bertz CT molecular complexity index is 759. The van der Waals surface area contributed by atoms with Crippen molar-refractivity contribution in [1.82, 2.24) is 0 Å². The van der Waals surface area contributed by atoms with Crippen LogP contribution in [0.2, 0.25) is 0 Å². The van der Waals surface area contributed by atoms with Gasteiger partial charge < -0.3 is 5.11 Å². The third-order valence-corrected chi connectivity index (χ3v) is 7.14. The van der Waals surface area contributed by atoms with Crippen molar-refractivity contribution in [3.8, 4) is 0 Å². The maximum absolute atomic E-state index is 13.2. The fourth-order valence-electron chi connectivity index (χ4n) is 3.56. The van der Waals surface area contributed by atoms with E-state index in [0.717, 1.165) is 12.8 Å². The fourth-order valence-corrected chi connectivity index (χ4v) is 5.68. The molecule has 0 heterocycles. The maximum Gasteiger partial charge on any atom is 0.181 e. The molecule has 122 valence electrons. The summed E-state index contributed by atoms with van der Waals surface area (Å²) in [5.41, 5.74) is -0.390. The lowest BCUT2D eigenvalue weighted by molar-refractivity contribution is 0.322. The Morgan fingerprint density at radius 2 is 1.91 bits per heavy atom. The Balaban J connectivity index is 2.10. The number of fused-ring (bicyclic) bond motifs is 1. The smallest absolute Gasteiger partial charge is 0.181 e. The first-order chi connectivity index (χ1) is 10.9. The van der Waals surface area contributed by atoms with Crippen molar-refractivity contribution in [2.45, 2.75) is 36.3 Å². The summed E-state index contributed by atoms with van der Waals surface area (Å²) in [6.07, 6.45) is 11.8. The standard InChI is InChI=1S/C19H22O3S/c1-19-12-7-3-6-10-18(17(19)14-15(20)11-13-19)23(21,22)16-8-4-2-5-9-16/h2,4-5,7-9,11-14,17-18,20H,3,6,10H2,1H3/b12-7-/t17-,18-,19-/m1/s1. The lowest BCUT2D eigenvalue weighted by Crippen LogP contribution is -2.39. The second-order valence-electron chi connectivity index (χ2n) is 6.55. The van der Waals surface area contributed by atoms with Crippen LogP contribution >= 0.6 is 0 Å². The van der Waals surface area contributed by atoms with E-state index in [4.69, 9.17) is 0 Å². The summed E-state index contributed by atoms with van der Waals surface area (Å²) in [4.78, 5) is 0.361. The molecule has 0 radical (unpaired) electrons. The van der Waals surface area contributed by atoms with Crippen molar-refractivity contribution < 1.29 is 13.5 Å². The average Bonchev–Trinajstić information content (AvgIpc) is 2.53. The molecule has 23 heavy (non-hydrogen) atoms. The lowest BCUT2D eigenvalue weighted by atomic mass is 9.70. The molecule has 1 aromatic carbocycles. The number of rotatable bonds is 2. The zero-order valence-electron chi connectivity index (χ0n) is 13.2. The molecule has 3 atom stereocenters. The van der Waals surface area contributed by atoms with Gasteiger partial charge in [-0.3, -0.25) is 0 Å². The van der Waals surface area contributed by atoms with Crippen LogP contribution in [0, 0.1) is 11.3 Å². The second-order valence-corrected chi connectivity index (χ2v) is 8.71. The van der Waals surface area contributed by atoms with Crippen LogP contribution in [0.1, 0.15) is 26.2 Å². The molecule has 2 aliphatic rings. The van der Waals surface area contributed by atoms with Gasteiger partial charge in [-0.15, -0.1) is 0 Å². The van der Waals surface area contributed by atoms with Gasteiger partial charge in [0.15, 0.2) is 9.84 Å². The Kier molecular flexibility index (Phi) is 4.19. The molecule has 2 aliphatic carbocycles. The van der Waals surface area contributed by atoms with E-state index in [2.05, 4.69) is 12.2 Å². The molecule has 0 fully saturated rings. The normalized spacial score (nSPS) is 32.3. The van der Waals surface area contributed by atoms with Gasteiger partial charge in [0, 0.05) is 11.3 Å². The second kappa shape index (κ2) is 6.00. The fraction of sp³-hybridized carbons (Fsp3) is 0.368. The van der Waals surface area contributed by atoms with Gasteiger partial charge in [0.25, 0.3) is 0 Å². The summed E-state index contributed by atoms with van der Waals surface area (Å²) in [5.74, 6) is -0.121. The van der Waals surface area contributed by atoms with E-state index in [0.29, 0.717) is 11.3 Å². The predicted octanol–water partition coefficient (Wildman–Crippen LogP) is 4.20. The van der Waals surface area contributed by atoms with Crippen molar-refractivity contribution in [1.29, 1.82) is 0 Å². The van der Waals surface area contributed by atoms with Gasteiger partial charge in [0.1, 0.15) is 5.76 Å². The first-order valence-electron chi connectivity index (χ1n) is 8.00. The lowest BCUT2D eigenvalue weighted by Gasteiger charge is -2.39. The number of allylic oxidation sites excluding steroid dienone is 5. The van der Waals surface area contributed by atoms with Crippen molar-refractivity contribution in [2.24, 2.45) is 11.3 Å². The molecule has 0 aliphatic heterocycles. The molecule has 0 aromatic heterocycles. The zero-order valence-corrected chi connectivity index (χ0v) is 14.0. The monoisotopic (exact) mass is 330 g/mol. The molecule has 3 nitrogen and oxygen atoms in total. The Hall–Kier alpha value is -1.81. The van der Waals surface area contributed by atoms with Crippen LogP contribution in [-0.2, 0) is 9.84 Å². The Morgan fingerprint density at radius 3 is 2.65 bits per heavy atom. The molecule has 1 N–H and O–H groups in total. The van der Waals surface area contributed by atoms with Crippen LogP contribution in [0.5, 0.6) is 0 Å². The Labute approximate surface area is 138 Å². The highest BCUT2D eigenvalue weighted by atomic mass is 32.2. The van der Waals surface area contributed by atoms with Crippen molar-refractivity contribution in [2.75, 3.05) is 0 Å². The minimum Gasteiger partial charge on any atom is -0.508 e. The van der Waals surface area contributed by atoms with Gasteiger partial charge >= 0.3 is 0 Å². The molecule has 0 unspecified atom stereocenters. The first kappa shape index (κ1) is 16.1.